The van der Waals surface area contributed by atoms with E-state index in [0.717, 1.165) is 12.1 Å². The van der Waals surface area contributed by atoms with Crippen LogP contribution < -0.4 is 0 Å². The van der Waals surface area contributed by atoms with Crippen molar-refractivity contribution in [3.05, 3.63) is 35.4 Å². The first-order valence-corrected chi connectivity index (χ1v) is 5.58. The lowest BCUT2D eigenvalue weighted by molar-refractivity contribution is -0.137. The molecule has 0 aliphatic carbocycles. The van der Waals surface area contributed by atoms with E-state index < -0.39 is 17.7 Å². The zero-order chi connectivity index (χ0) is 13.2. The van der Waals surface area contributed by atoms with E-state index in [0.29, 0.717) is 5.56 Å². The maximum Gasteiger partial charge on any atom is 0.416 e. The van der Waals surface area contributed by atoms with Crippen LogP contribution in [0.1, 0.15) is 30.9 Å². The van der Waals surface area contributed by atoms with Gasteiger partial charge in [-0.2, -0.15) is 13.2 Å². The number of hydrogen-bond donors (Lipinski definition) is 1. The smallest absolute Gasteiger partial charge is 0.287 e. The Labute approximate surface area is 103 Å². The van der Waals surface area contributed by atoms with Crippen molar-refractivity contribution >= 4 is 17.7 Å². The van der Waals surface area contributed by atoms with E-state index in [1.54, 1.807) is 0 Å². The van der Waals surface area contributed by atoms with Crippen molar-refractivity contribution in [2.24, 2.45) is 5.92 Å². The molecule has 17 heavy (non-hydrogen) atoms. The van der Waals surface area contributed by atoms with Gasteiger partial charge in [0.1, 0.15) is 0 Å². The minimum atomic E-state index is -4.35. The van der Waals surface area contributed by atoms with Gasteiger partial charge in [-0.25, -0.2) is 0 Å². The highest BCUT2D eigenvalue weighted by molar-refractivity contribution is 7.96. The third kappa shape index (κ3) is 3.49. The summed E-state index contributed by atoms with van der Waals surface area (Å²) in [5.74, 6) is -0.475. The third-order valence-electron chi connectivity index (χ3n) is 2.53. The van der Waals surface area contributed by atoms with Crippen molar-refractivity contribution in [2.45, 2.75) is 25.9 Å². The van der Waals surface area contributed by atoms with Gasteiger partial charge < -0.3 is 0 Å². The van der Waals surface area contributed by atoms with E-state index in [9.17, 15) is 18.0 Å². The molecule has 0 aliphatic heterocycles. The average Bonchev–Trinajstić information content (AvgIpc) is 2.15. The van der Waals surface area contributed by atoms with Gasteiger partial charge in [0, 0.05) is 0 Å². The number of alkyl halides is 3. The Hall–Kier alpha value is -0.970. The number of benzene rings is 1. The van der Waals surface area contributed by atoms with Crippen molar-refractivity contribution in [1.29, 1.82) is 0 Å². The molecule has 1 rings (SSSR count). The molecule has 0 radical (unpaired) electrons. The monoisotopic (exact) mass is 262 g/mol. The first kappa shape index (κ1) is 14.1. The molecule has 94 valence electrons. The molecule has 1 aromatic carbocycles. The van der Waals surface area contributed by atoms with Crippen LogP contribution in [-0.4, -0.2) is 5.12 Å². The fourth-order valence-corrected chi connectivity index (χ4v) is 2.14. The third-order valence-corrected chi connectivity index (χ3v) is 2.81. The maximum atomic E-state index is 12.4. The van der Waals surface area contributed by atoms with E-state index in [-0.39, 0.29) is 11.0 Å². The molecule has 0 aromatic heterocycles. The molecule has 0 bridgehead atoms. The van der Waals surface area contributed by atoms with E-state index in [1.807, 2.05) is 13.8 Å². The predicted octanol–water partition coefficient (Wildman–Crippen LogP) is 3.90. The summed E-state index contributed by atoms with van der Waals surface area (Å²) >= 11 is 3.77. The first-order chi connectivity index (χ1) is 7.73. The van der Waals surface area contributed by atoms with E-state index >= 15 is 0 Å². The Morgan fingerprint density at radius 3 is 1.94 bits per heavy atom. The maximum absolute atomic E-state index is 12.4. The summed E-state index contributed by atoms with van der Waals surface area (Å²) in [7, 11) is 0. The van der Waals surface area contributed by atoms with Gasteiger partial charge in [-0.15, -0.1) is 12.6 Å². The normalized spacial score (nSPS) is 13.8. The molecule has 0 aliphatic rings. The van der Waals surface area contributed by atoms with Crippen molar-refractivity contribution in [1.82, 2.24) is 0 Å². The minimum Gasteiger partial charge on any atom is -0.287 e. The number of carbonyl (C=O) groups is 1. The molecule has 0 N–H and O–H groups in total. The van der Waals surface area contributed by atoms with Gasteiger partial charge in [-0.05, 0) is 23.6 Å². The molecule has 1 atom stereocenters. The lowest BCUT2D eigenvalue weighted by Gasteiger charge is -2.18. The molecule has 0 saturated carbocycles. The van der Waals surface area contributed by atoms with Gasteiger partial charge in [0.25, 0.3) is 0 Å². The van der Waals surface area contributed by atoms with Gasteiger partial charge in [0.05, 0.1) is 11.5 Å². The molecule has 0 fully saturated rings. The Morgan fingerprint density at radius 2 is 1.65 bits per heavy atom. The van der Waals surface area contributed by atoms with Gasteiger partial charge in [-0.3, -0.25) is 4.79 Å². The highest BCUT2D eigenvalue weighted by Gasteiger charge is 2.30. The molecule has 5 heteroatoms. The first-order valence-electron chi connectivity index (χ1n) is 5.13. The lowest BCUT2D eigenvalue weighted by Crippen LogP contribution is -2.14. The molecule has 0 heterocycles. The second-order valence-corrected chi connectivity index (χ2v) is 4.62. The minimum absolute atomic E-state index is 0.00302. The standard InChI is InChI=1S/C12H13F3OS/c1-7(2)10(11(16)17)8-3-5-9(6-4-8)12(13,14)15/h3-7,10H,1-2H3,(H,16,17). The summed E-state index contributed by atoms with van der Waals surface area (Å²) in [6.07, 6.45) is -4.35. The molecule has 1 aromatic rings. The molecule has 1 nitrogen and oxygen atoms in total. The van der Waals surface area contributed by atoms with Crippen LogP contribution >= 0.6 is 12.6 Å². The number of thiol groups is 1. The second kappa shape index (κ2) is 5.12. The molecule has 0 amide bonds. The Morgan fingerprint density at radius 1 is 1.18 bits per heavy atom. The summed E-state index contributed by atoms with van der Waals surface area (Å²) in [5.41, 5.74) is -0.150. The topological polar surface area (TPSA) is 17.1 Å². The number of rotatable bonds is 3. The Balaban J connectivity index is 3.05. The summed E-state index contributed by atoms with van der Waals surface area (Å²) in [6.45, 7) is 3.66. The summed E-state index contributed by atoms with van der Waals surface area (Å²) < 4.78 is 37.1. The SMILES string of the molecule is CC(C)C(C(=O)S)c1ccc(C(F)(F)F)cc1. The highest BCUT2D eigenvalue weighted by Crippen LogP contribution is 2.32. The van der Waals surface area contributed by atoms with Crippen molar-refractivity contribution in [3.8, 4) is 0 Å². The Bertz CT molecular complexity index is 395. The Kier molecular flexibility index (Phi) is 4.25. The summed E-state index contributed by atoms with van der Waals surface area (Å²) in [6, 6.07) is 4.64. The van der Waals surface area contributed by atoms with Gasteiger partial charge >= 0.3 is 6.18 Å². The van der Waals surface area contributed by atoms with Crippen molar-refractivity contribution < 1.29 is 18.0 Å². The zero-order valence-corrected chi connectivity index (χ0v) is 10.3. The van der Waals surface area contributed by atoms with E-state index in [4.69, 9.17) is 0 Å². The second-order valence-electron chi connectivity index (χ2n) is 4.18. The van der Waals surface area contributed by atoms with Crippen LogP contribution in [0.3, 0.4) is 0 Å². The largest absolute Gasteiger partial charge is 0.416 e. The van der Waals surface area contributed by atoms with Crippen LogP contribution in [0, 0.1) is 5.92 Å². The summed E-state index contributed by atoms with van der Waals surface area (Å²) in [4.78, 5) is 11.3. The van der Waals surface area contributed by atoms with Crippen LogP contribution in [0.4, 0.5) is 13.2 Å². The zero-order valence-electron chi connectivity index (χ0n) is 9.45. The lowest BCUT2D eigenvalue weighted by atomic mass is 9.89. The van der Waals surface area contributed by atoms with Crippen LogP contribution in [-0.2, 0) is 11.0 Å². The molecule has 0 spiro atoms. The van der Waals surface area contributed by atoms with E-state index in [2.05, 4.69) is 12.6 Å². The van der Waals surface area contributed by atoms with Crippen LogP contribution in [0.5, 0.6) is 0 Å². The van der Waals surface area contributed by atoms with Crippen LogP contribution in [0.2, 0.25) is 0 Å². The van der Waals surface area contributed by atoms with Crippen molar-refractivity contribution in [3.63, 3.8) is 0 Å². The average molecular weight is 262 g/mol. The highest BCUT2D eigenvalue weighted by atomic mass is 32.1. The predicted molar refractivity (Wildman–Crippen MR) is 63.0 cm³/mol. The number of hydrogen-bond acceptors (Lipinski definition) is 1. The fraction of sp³-hybridized carbons (Fsp3) is 0.417. The van der Waals surface area contributed by atoms with Crippen LogP contribution in [0.25, 0.3) is 0 Å². The molecular weight excluding hydrogens is 249 g/mol. The van der Waals surface area contributed by atoms with Gasteiger partial charge in [-0.1, -0.05) is 26.0 Å². The van der Waals surface area contributed by atoms with Gasteiger partial charge in [0.2, 0.25) is 0 Å². The molecule has 0 saturated heterocycles. The molecule has 1 unspecified atom stereocenters. The fourth-order valence-electron chi connectivity index (χ4n) is 1.69. The number of halogens is 3. The quantitative estimate of drug-likeness (QED) is 0.817. The van der Waals surface area contributed by atoms with Crippen LogP contribution in [0.15, 0.2) is 24.3 Å². The van der Waals surface area contributed by atoms with E-state index in [1.165, 1.54) is 12.1 Å². The van der Waals surface area contributed by atoms with Crippen molar-refractivity contribution in [2.75, 3.05) is 0 Å². The molecular formula is C12H13F3OS. The van der Waals surface area contributed by atoms with Gasteiger partial charge in [0.15, 0.2) is 5.12 Å². The summed E-state index contributed by atoms with van der Waals surface area (Å²) in [5, 5.41) is -0.334. The number of carbonyl (C=O) groups excluding carboxylic acids is 1.